The van der Waals surface area contributed by atoms with Crippen LogP contribution in [0.5, 0.6) is 5.75 Å². The van der Waals surface area contributed by atoms with Gasteiger partial charge in [0.1, 0.15) is 17.4 Å². The molecule has 1 aromatic carbocycles. The monoisotopic (exact) mass is 651 g/mol. The Hall–Kier alpha value is -3.01. The van der Waals surface area contributed by atoms with Gasteiger partial charge in [0.15, 0.2) is 0 Å². The average molecular weight is 652 g/mol. The van der Waals surface area contributed by atoms with Crippen LogP contribution in [0.3, 0.4) is 0 Å². The standard InChI is InChI=1S/C32H47F2N5O7/c1-45-16-24-14-36-30(37-15-24)38-7-4-23(5-8-38)3-2-10-46-25-11-27(33)26(28(34)12-25)13-29(43)39-9-6-32(44,19-39)18-35-17-31(20-40,21-41)22-42/h11-12,14-15,23,35,40-42,44H,2-10,13,16-22H2,1H3. The molecular weight excluding hydrogens is 604 g/mol. The van der Waals surface area contributed by atoms with Gasteiger partial charge in [0.2, 0.25) is 11.9 Å². The summed E-state index contributed by atoms with van der Waals surface area (Å²) in [6.07, 6.45) is 6.98. The van der Waals surface area contributed by atoms with Crippen molar-refractivity contribution in [1.82, 2.24) is 20.2 Å². The van der Waals surface area contributed by atoms with Gasteiger partial charge in [-0.15, -0.1) is 0 Å². The number of carbonyl (C=O) groups is 1. The number of halogens is 2. The Morgan fingerprint density at radius 1 is 1.09 bits per heavy atom. The molecule has 0 radical (unpaired) electrons. The number of benzene rings is 1. The lowest BCUT2D eigenvalue weighted by atomic mass is 9.91. The van der Waals surface area contributed by atoms with Crippen molar-refractivity contribution in [1.29, 1.82) is 0 Å². The van der Waals surface area contributed by atoms with Crippen molar-refractivity contribution in [2.75, 3.05) is 77.7 Å². The molecular formula is C32H47F2N5O7. The number of nitrogens with one attached hydrogen (secondary N) is 1. The highest BCUT2D eigenvalue weighted by molar-refractivity contribution is 5.79. The summed E-state index contributed by atoms with van der Waals surface area (Å²) in [6.45, 7) is 1.46. The van der Waals surface area contributed by atoms with E-state index in [4.69, 9.17) is 9.47 Å². The molecule has 12 nitrogen and oxygen atoms in total. The average Bonchev–Trinajstić information content (AvgIpc) is 3.46. The van der Waals surface area contributed by atoms with Crippen LogP contribution in [0, 0.1) is 23.0 Å². The Bertz CT molecular complexity index is 1230. The minimum absolute atomic E-state index is 0.0393. The maximum atomic E-state index is 14.9. The molecule has 2 fully saturated rings. The molecule has 1 aromatic heterocycles. The number of aliphatic hydroxyl groups excluding tert-OH is 3. The van der Waals surface area contributed by atoms with Crippen molar-refractivity contribution < 1.29 is 43.5 Å². The first-order valence-electron chi connectivity index (χ1n) is 15.8. The minimum atomic E-state index is -1.29. The van der Waals surface area contributed by atoms with Crippen molar-refractivity contribution >= 4 is 11.9 Å². The van der Waals surface area contributed by atoms with Crippen LogP contribution in [-0.2, 0) is 22.6 Å². The predicted molar refractivity (Wildman–Crippen MR) is 165 cm³/mol. The highest BCUT2D eigenvalue weighted by Gasteiger charge is 2.39. The summed E-state index contributed by atoms with van der Waals surface area (Å²) < 4.78 is 40.5. The molecule has 4 rings (SSSR count). The molecule has 46 heavy (non-hydrogen) atoms. The summed E-state index contributed by atoms with van der Waals surface area (Å²) in [5, 5.41) is 42.2. The third kappa shape index (κ3) is 9.52. The first kappa shape index (κ1) is 35.8. The van der Waals surface area contributed by atoms with Crippen LogP contribution in [0.25, 0.3) is 0 Å². The van der Waals surface area contributed by atoms with Gasteiger partial charge in [-0.1, -0.05) is 0 Å². The van der Waals surface area contributed by atoms with Gasteiger partial charge in [0.25, 0.3) is 0 Å². The van der Waals surface area contributed by atoms with Crippen LogP contribution >= 0.6 is 0 Å². The molecule has 256 valence electrons. The number of likely N-dealkylation sites (tertiary alicyclic amines) is 1. The molecule has 2 aromatic rings. The van der Waals surface area contributed by atoms with Crippen molar-refractivity contribution in [2.24, 2.45) is 11.3 Å². The largest absolute Gasteiger partial charge is 0.493 e. The van der Waals surface area contributed by atoms with Crippen LogP contribution in [0.4, 0.5) is 14.7 Å². The molecule has 0 bridgehead atoms. The molecule has 0 spiro atoms. The number of carbonyl (C=O) groups excluding carboxylic acids is 1. The number of nitrogens with zero attached hydrogens (tertiary/aromatic N) is 4. The Morgan fingerprint density at radius 3 is 2.35 bits per heavy atom. The van der Waals surface area contributed by atoms with Gasteiger partial charge in [0, 0.05) is 75.5 Å². The number of piperidine rings is 1. The fourth-order valence-corrected chi connectivity index (χ4v) is 5.92. The molecule has 5 N–H and O–H groups in total. The van der Waals surface area contributed by atoms with Crippen LogP contribution in [0.2, 0.25) is 0 Å². The second-order valence-corrected chi connectivity index (χ2v) is 12.7. The number of anilines is 1. The molecule has 2 aliphatic rings. The zero-order chi connectivity index (χ0) is 33.2. The SMILES string of the molecule is COCc1cnc(N2CCC(CCCOc3cc(F)c(CC(=O)N4CCC(O)(CNCC(CO)(CO)CO)C4)c(F)c3)CC2)nc1. The molecule has 14 heteroatoms. The van der Waals surface area contributed by atoms with Crippen molar-refractivity contribution in [2.45, 2.75) is 50.7 Å². The molecule has 0 saturated carbocycles. The third-order valence-corrected chi connectivity index (χ3v) is 9.01. The van der Waals surface area contributed by atoms with Gasteiger partial charge < -0.3 is 45.0 Å². The zero-order valence-corrected chi connectivity index (χ0v) is 26.5. The lowest BCUT2D eigenvalue weighted by Crippen LogP contribution is -2.49. The number of aromatic nitrogens is 2. The van der Waals surface area contributed by atoms with E-state index in [0.29, 0.717) is 19.1 Å². The van der Waals surface area contributed by atoms with Crippen molar-refractivity contribution in [3.63, 3.8) is 0 Å². The molecule has 2 aliphatic heterocycles. The fraction of sp³-hybridized carbons (Fsp3) is 0.656. The van der Waals surface area contributed by atoms with E-state index in [-0.39, 0.29) is 43.9 Å². The van der Waals surface area contributed by atoms with E-state index in [0.717, 1.165) is 62.4 Å². The van der Waals surface area contributed by atoms with E-state index in [9.17, 15) is 34.0 Å². The zero-order valence-electron chi connectivity index (χ0n) is 26.5. The maximum absolute atomic E-state index is 14.9. The number of amides is 1. The summed E-state index contributed by atoms with van der Waals surface area (Å²) in [4.78, 5) is 25.3. The predicted octanol–water partition coefficient (Wildman–Crippen LogP) is 1.04. The summed E-state index contributed by atoms with van der Waals surface area (Å²) in [6, 6.07) is 2.20. The van der Waals surface area contributed by atoms with Crippen LogP contribution in [0.15, 0.2) is 24.5 Å². The van der Waals surface area contributed by atoms with E-state index < -0.39 is 54.8 Å². The fourth-order valence-electron chi connectivity index (χ4n) is 5.92. The van der Waals surface area contributed by atoms with E-state index in [2.05, 4.69) is 20.2 Å². The summed E-state index contributed by atoms with van der Waals surface area (Å²) in [5.74, 6) is -0.936. The van der Waals surface area contributed by atoms with Gasteiger partial charge in [-0.25, -0.2) is 18.7 Å². The number of β-amino-alcohol motifs (C(OH)–C–C–N with tert-alkyl or cyclic N) is 1. The highest BCUT2D eigenvalue weighted by atomic mass is 19.1. The summed E-state index contributed by atoms with van der Waals surface area (Å²) in [7, 11) is 1.63. The third-order valence-electron chi connectivity index (χ3n) is 9.01. The van der Waals surface area contributed by atoms with Gasteiger partial charge in [-0.2, -0.15) is 0 Å². The lowest BCUT2D eigenvalue weighted by molar-refractivity contribution is -0.130. The van der Waals surface area contributed by atoms with Crippen LogP contribution in [0.1, 0.15) is 43.2 Å². The van der Waals surface area contributed by atoms with E-state index in [1.54, 1.807) is 19.5 Å². The molecule has 2 saturated heterocycles. The number of ether oxygens (including phenoxy) is 2. The molecule has 0 aliphatic carbocycles. The van der Waals surface area contributed by atoms with Crippen molar-refractivity contribution in [3.8, 4) is 5.75 Å². The quantitative estimate of drug-likeness (QED) is 0.156. The summed E-state index contributed by atoms with van der Waals surface area (Å²) in [5.41, 5.74) is -1.85. The molecule has 1 atom stereocenters. The second-order valence-electron chi connectivity index (χ2n) is 12.7. The van der Waals surface area contributed by atoms with Crippen LogP contribution < -0.4 is 15.0 Å². The Kier molecular flexibility index (Phi) is 13.0. The molecule has 3 heterocycles. The van der Waals surface area contributed by atoms with E-state index in [1.165, 1.54) is 4.90 Å². The normalized spacial score (nSPS) is 19.2. The maximum Gasteiger partial charge on any atom is 0.227 e. The van der Waals surface area contributed by atoms with E-state index in [1.807, 2.05) is 0 Å². The van der Waals surface area contributed by atoms with Gasteiger partial charge >= 0.3 is 0 Å². The Morgan fingerprint density at radius 2 is 1.74 bits per heavy atom. The first-order chi connectivity index (χ1) is 22.1. The highest BCUT2D eigenvalue weighted by Crippen LogP contribution is 2.27. The lowest BCUT2D eigenvalue weighted by Gasteiger charge is -2.32. The topological polar surface area (TPSA) is 161 Å². The number of aliphatic hydroxyl groups is 4. The first-order valence-corrected chi connectivity index (χ1v) is 15.8. The molecule has 1 amide bonds. The summed E-state index contributed by atoms with van der Waals surface area (Å²) >= 11 is 0. The molecule has 1 unspecified atom stereocenters. The Labute approximate surface area is 268 Å². The van der Waals surface area contributed by atoms with Gasteiger partial charge in [-0.3, -0.25) is 4.79 Å². The number of hydrogen-bond acceptors (Lipinski definition) is 11. The van der Waals surface area contributed by atoms with Crippen LogP contribution in [-0.4, -0.2) is 120 Å². The minimum Gasteiger partial charge on any atom is -0.493 e. The van der Waals surface area contributed by atoms with E-state index >= 15 is 0 Å². The number of hydrogen-bond donors (Lipinski definition) is 5. The number of rotatable bonds is 17. The van der Waals surface area contributed by atoms with Gasteiger partial charge in [0.05, 0.1) is 57.0 Å². The smallest absolute Gasteiger partial charge is 0.227 e. The Balaban J connectivity index is 1.17. The second kappa shape index (κ2) is 16.7. The number of methoxy groups -OCH3 is 1. The van der Waals surface area contributed by atoms with Gasteiger partial charge in [-0.05, 0) is 38.0 Å². The van der Waals surface area contributed by atoms with Crippen molar-refractivity contribution in [3.05, 3.63) is 47.3 Å².